The van der Waals surface area contributed by atoms with Crippen LogP contribution in [0.4, 0.5) is 13.2 Å². The number of hydrogen-bond donors (Lipinski definition) is 2. The van der Waals surface area contributed by atoms with E-state index >= 15 is 0 Å². The second kappa shape index (κ2) is 6.86. The molecule has 0 bridgehead atoms. The van der Waals surface area contributed by atoms with Gasteiger partial charge in [-0.3, -0.25) is 0 Å². The number of alkyl halides is 3. The molecule has 0 heterocycles. The van der Waals surface area contributed by atoms with Crippen molar-refractivity contribution in [2.75, 3.05) is 6.61 Å². The van der Waals surface area contributed by atoms with Gasteiger partial charge in [0.2, 0.25) is 0 Å². The molecule has 1 aromatic rings. The molecule has 4 nitrogen and oxygen atoms in total. The van der Waals surface area contributed by atoms with Crippen LogP contribution in [0.2, 0.25) is 0 Å². The summed E-state index contributed by atoms with van der Waals surface area (Å²) in [6, 6.07) is 4.72. The summed E-state index contributed by atoms with van der Waals surface area (Å²) < 4.78 is 42.5. The molecule has 0 aliphatic rings. The SMILES string of the molecule is NC(CCCCOc1cccc(C(F)(F)F)c1)=NO. The van der Waals surface area contributed by atoms with Crippen molar-refractivity contribution in [3.63, 3.8) is 0 Å². The van der Waals surface area contributed by atoms with Gasteiger partial charge in [0.05, 0.1) is 12.2 Å². The molecule has 7 heteroatoms. The highest BCUT2D eigenvalue weighted by Gasteiger charge is 2.30. The first kappa shape index (κ1) is 15.1. The van der Waals surface area contributed by atoms with Crippen LogP contribution in [0.3, 0.4) is 0 Å². The van der Waals surface area contributed by atoms with Gasteiger partial charge in [0, 0.05) is 6.42 Å². The number of rotatable bonds is 6. The monoisotopic (exact) mass is 276 g/mol. The maximum atomic E-state index is 12.4. The molecule has 0 aliphatic carbocycles. The molecule has 0 aliphatic heterocycles. The van der Waals surface area contributed by atoms with E-state index in [9.17, 15) is 13.2 Å². The Bertz CT molecular complexity index is 433. The Labute approximate surface area is 108 Å². The van der Waals surface area contributed by atoms with Gasteiger partial charge in [-0.1, -0.05) is 11.2 Å². The highest BCUT2D eigenvalue weighted by atomic mass is 19.4. The van der Waals surface area contributed by atoms with Crippen molar-refractivity contribution in [2.24, 2.45) is 10.9 Å². The smallest absolute Gasteiger partial charge is 0.416 e. The van der Waals surface area contributed by atoms with Crippen LogP contribution in [0, 0.1) is 0 Å². The van der Waals surface area contributed by atoms with E-state index in [-0.39, 0.29) is 18.2 Å². The van der Waals surface area contributed by atoms with E-state index in [1.54, 1.807) is 0 Å². The average molecular weight is 276 g/mol. The molecule has 1 rings (SSSR count). The minimum atomic E-state index is -4.37. The van der Waals surface area contributed by atoms with Crippen LogP contribution in [0.1, 0.15) is 24.8 Å². The molecule has 106 valence electrons. The molecule has 0 radical (unpaired) electrons. The lowest BCUT2D eigenvalue weighted by Gasteiger charge is -2.10. The fourth-order valence-electron chi connectivity index (χ4n) is 1.41. The van der Waals surface area contributed by atoms with Crippen molar-refractivity contribution in [3.05, 3.63) is 29.8 Å². The summed E-state index contributed by atoms with van der Waals surface area (Å²) in [5.41, 5.74) is 4.53. The fraction of sp³-hybridized carbons (Fsp3) is 0.417. The average Bonchev–Trinajstić information content (AvgIpc) is 2.37. The molecule has 0 atom stereocenters. The lowest BCUT2D eigenvalue weighted by Crippen LogP contribution is -2.11. The number of halogens is 3. The zero-order chi connectivity index (χ0) is 14.3. The number of ether oxygens (including phenoxy) is 1. The van der Waals surface area contributed by atoms with Crippen LogP contribution in [-0.4, -0.2) is 17.6 Å². The highest BCUT2D eigenvalue weighted by Crippen LogP contribution is 2.31. The predicted octanol–water partition coefficient (Wildman–Crippen LogP) is 3.00. The van der Waals surface area contributed by atoms with E-state index in [0.29, 0.717) is 19.3 Å². The minimum Gasteiger partial charge on any atom is -0.494 e. The van der Waals surface area contributed by atoms with Crippen LogP contribution in [0.15, 0.2) is 29.4 Å². The summed E-state index contributed by atoms with van der Waals surface area (Å²) in [5, 5.41) is 11.1. The van der Waals surface area contributed by atoms with E-state index in [4.69, 9.17) is 15.7 Å². The Morgan fingerprint density at radius 1 is 1.32 bits per heavy atom. The van der Waals surface area contributed by atoms with Crippen LogP contribution in [-0.2, 0) is 6.18 Å². The van der Waals surface area contributed by atoms with Gasteiger partial charge in [-0.25, -0.2) is 0 Å². The van der Waals surface area contributed by atoms with E-state index in [2.05, 4.69) is 5.16 Å². The molecule has 19 heavy (non-hydrogen) atoms. The molecular weight excluding hydrogens is 261 g/mol. The van der Waals surface area contributed by atoms with Gasteiger partial charge in [-0.2, -0.15) is 13.2 Å². The number of unbranched alkanes of at least 4 members (excludes halogenated alkanes) is 1. The number of hydrogen-bond acceptors (Lipinski definition) is 3. The molecular formula is C12H15F3N2O2. The van der Waals surface area contributed by atoms with Crippen molar-refractivity contribution in [1.82, 2.24) is 0 Å². The second-order valence-electron chi connectivity index (χ2n) is 3.92. The van der Waals surface area contributed by atoms with Gasteiger partial charge in [0.1, 0.15) is 11.6 Å². The first-order chi connectivity index (χ1) is 8.93. The quantitative estimate of drug-likeness (QED) is 0.276. The third-order valence-corrected chi connectivity index (χ3v) is 2.39. The molecule has 0 aromatic heterocycles. The summed E-state index contributed by atoms with van der Waals surface area (Å²) in [6.07, 6.45) is -2.71. The third-order valence-electron chi connectivity index (χ3n) is 2.39. The number of oxime groups is 1. The van der Waals surface area contributed by atoms with Crippen molar-refractivity contribution >= 4 is 5.84 Å². The van der Waals surface area contributed by atoms with Crippen LogP contribution in [0.5, 0.6) is 5.75 Å². The number of nitrogens with two attached hydrogens (primary N) is 1. The van der Waals surface area contributed by atoms with Crippen LogP contribution < -0.4 is 10.5 Å². The first-order valence-corrected chi connectivity index (χ1v) is 5.70. The van der Waals surface area contributed by atoms with Gasteiger partial charge >= 0.3 is 6.18 Å². The molecule has 0 fully saturated rings. The number of amidine groups is 1. The predicted molar refractivity (Wildman–Crippen MR) is 64.2 cm³/mol. The topological polar surface area (TPSA) is 67.8 Å². The largest absolute Gasteiger partial charge is 0.494 e. The molecule has 0 saturated carbocycles. The molecule has 1 aromatic carbocycles. The molecule has 0 saturated heterocycles. The Morgan fingerprint density at radius 2 is 2.05 bits per heavy atom. The first-order valence-electron chi connectivity index (χ1n) is 5.70. The zero-order valence-corrected chi connectivity index (χ0v) is 10.2. The Hall–Kier alpha value is -1.92. The molecule has 3 N–H and O–H groups in total. The Balaban J connectivity index is 2.38. The lowest BCUT2D eigenvalue weighted by atomic mass is 10.2. The summed E-state index contributed by atoms with van der Waals surface area (Å²) in [4.78, 5) is 0. The summed E-state index contributed by atoms with van der Waals surface area (Å²) in [7, 11) is 0. The molecule has 0 amide bonds. The Kier molecular flexibility index (Phi) is 5.47. The van der Waals surface area contributed by atoms with E-state index in [1.807, 2.05) is 0 Å². The maximum Gasteiger partial charge on any atom is 0.416 e. The Morgan fingerprint density at radius 3 is 2.68 bits per heavy atom. The zero-order valence-electron chi connectivity index (χ0n) is 10.2. The van der Waals surface area contributed by atoms with Gasteiger partial charge in [0.25, 0.3) is 0 Å². The lowest BCUT2D eigenvalue weighted by molar-refractivity contribution is -0.137. The van der Waals surface area contributed by atoms with E-state index in [0.717, 1.165) is 12.1 Å². The van der Waals surface area contributed by atoms with Crippen molar-refractivity contribution in [2.45, 2.75) is 25.4 Å². The number of benzene rings is 1. The second-order valence-corrected chi connectivity index (χ2v) is 3.92. The van der Waals surface area contributed by atoms with Crippen molar-refractivity contribution < 1.29 is 23.1 Å². The van der Waals surface area contributed by atoms with E-state index < -0.39 is 11.7 Å². The standard InChI is InChI=1S/C12H15F3N2O2/c13-12(14,15)9-4-3-5-10(8-9)19-7-2-1-6-11(16)17-18/h3-5,8,18H,1-2,6-7H2,(H2,16,17). The van der Waals surface area contributed by atoms with Gasteiger partial charge in [-0.15, -0.1) is 0 Å². The molecule has 0 unspecified atom stereocenters. The van der Waals surface area contributed by atoms with Gasteiger partial charge < -0.3 is 15.7 Å². The van der Waals surface area contributed by atoms with Crippen molar-refractivity contribution in [1.29, 1.82) is 0 Å². The fourth-order valence-corrected chi connectivity index (χ4v) is 1.41. The summed E-state index contributed by atoms with van der Waals surface area (Å²) >= 11 is 0. The third kappa shape index (κ3) is 5.50. The van der Waals surface area contributed by atoms with Gasteiger partial charge in [-0.05, 0) is 31.0 Å². The van der Waals surface area contributed by atoms with Crippen LogP contribution in [0.25, 0.3) is 0 Å². The normalized spacial score (nSPS) is 12.5. The maximum absolute atomic E-state index is 12.4. The highest BCUT2D eigenvalue weighted by molar-refractivity contribution is 5.79. The van der Waals surface area contributed by atoms with E-state index in [1.165, 1.54) is 12.1 Å². The van der Waals surface area contributed by atoms with Crippen molar-refractivity contribution in [3.8, 4) is 5.75 Å². The summed E-state index contributed by atoms with van der Waals surface area (Å²) in [6.45, 7) is 0.278. The summed E-state index contributed by atoms with van der Waals surface area (Å²) in [5.74, 6) is 0.303. The minimum absolute atomic E-state index is 0.124. The van der Waals surface area contributed by atoms with Crippen LogP contribution >= 0.6 is 0 Å². The van der Waals surface area contributed by atoms with Gasteiger partial charge in [0.15, 0.2) is 0 Å². The molecule has 0 spiro atoms. The number of nitrogens with zero attached hydrogens (tertiary/aromatic N) is 1.